The summed E-state index contributed by atoms with van der Waals surface area (Å²) >= 11 is 1.72. The fourth-order valence-corrected chi connectivity index (χ4v) is 4.36. The number of thiophene rings is 1. The van der Waals surface area contributed by atoms with Crippen LogP contribution in [0.5, 0.6) is 0 Å². The summed E-state index contributed by atoms with van der Waals surface area (Å²) in [6.07, 6.45) is 0. The number of aryl methyl sites for hydroxylation is 2. The fourth-order valence-electron chi connectivity index (χ4n) is 3.56. The molecule has 0 bridgehead atoms. The van der Waals surface area contributed by atoms with Crippen LogP contribution < -0.4 is 10.6 Å². The summed E-state index contributed by atoms with van der Waals surface area (Å²) in [5.41, 5.74) is 5.49. The first-order valence-corrected chi connectivity index (χ1v) is 10.3. The van der Waals surface area contributed by atoms with Crippen molar-refractivity contribution >= 4 is 34.0 Å². The van der Waals surface area contributed by atoms with Gasteiger partial charge in [-0.1, -0.05) is 42.0 Å². The lowest BCUT2D eigenvalue weighted by Crippen LogP contribution is -2.28. The number of nitrogens with one attached hydrogen (secondary N) is 2. The summed E-state index contributed by atoms with van der Waals surface area (Å²) < 4.78 is 2.33. The van der Waals surface area contributed by atoms with Crippen molar-refractivity contribution in [2.24, 2.45) is 0 Å². The van der Waals surface area contributed by atoms with Crippen molar-refractivity contribution in [1.29, 1.82) is 0 Å². The van der Waals surface area contributed by atoms with Crippen molar-refractivity contribution in [3.05, 3.63) is 77.2 Å². The van der Waals surface area contributed by atoms with Gasteiger partial charge in [-0.2, -0.15) is 0 Å². The third-order valence-corrected chi connectivity index (χ3v) is 5.76. The number of carbonyl (C=O) groups excluding carboxylic acids is 1. The minimum Gasteiger partial charge on any atom is -0.340 e. The molecule has 2 heterocycles. The van der Waals surface area contributed by atoms with E-state index in [1.165, 1.54) is 27.0 Å². The highest BCUT2D eigenvalue weighted by atomic mass is 32.1. The molecule has 0 aliphatic carbocycles. The molecule has 0 aliphatic heterocycles. The maximum atomic E-state index is 12.5. The van der Waals surface area contributed by atoms with Gasteiger partial charge in [-0.3, -0.25) is 0 Å². The Morgan fingerprint density at radius 1 is 1.04 bits per heavy atom. The van der Waals surface area contributed by atoms with E-state index in [1.54, 1.807) is 11.3 Å². The molecule has 0 fully saturated rings. The largest absolute Gasteiger partial charge is 0.340 e. The molecule has 142 valence electrons. The molecule has 28 heavy (non-hydrogen) atoms. The number of carbonyl (C=O) groups is 1. The molecule has 0 aliphatic rings. The molecular weight excluding hydrogens is 366 g/mol. The third kappa shape index (κ3) is 3.53. The predicted molar refractivity (Wildman–Crippen MR) is 118 cm³/mol. The maximum Gasteiger partial charge on any atom is 0.319 e. The molecule has 4 rings (SSSR count). The van der Waals surface area contributed by atoms with Gasteiger partial charge in [0.25, 0.3) is 0 Å². The average Bonchev–Trinajstić information content (AvgIpc) is 3.33. The van der Waals surface area contributed by atoms with Gasteiger partial charge in [0.05, 0.1) is 10.6 Å². The first-order valence-electron chi connectivity index (χ1n) is 9.43. The number of para-hydroxylation sites is 1. The van der Waals surface area contributed by atoms with Crippen LogP contribution in [-0.2, 0) is 13.1 Å². The summed E-state index contributed by atoms with van der Waals surface area (Å²) in [7, 11) is 0. The molecule has 2 aromatic carbocycles. The lowest BCUT2D eigenvalue weighted by Gasteiger charge is -2.11. The van der Waals surface area contributed by atoms with Gasteiger partial charge in [-0.25, -0.2) is 4.79 Å². The Morgan fingerprint density at radius 2 is 1.82 bits per heavy atom. The van der Waals surface area contributed by atoms with E-state index in [9.17, 15) is 4.79 Å². The number of nitrogens with zero attached hydrogens (tertiary/aromatic N) is 1. The van der Waals surface area contributed by atoms with E-state index >= 15 is 0 Å². The Hall–Kier alpha value is -3.05. The van der Waals surface area contributed by atoms with Gasteiger partial charge < -0.3 is 15.2 Å². The highest BCUT2D eigenvalue weighted by Crippen LogP contribution is 2.36. The number of fused-ring (bicyclic) bond motifs is 1. The molecule has 0 saturated carbocycles. The van der Waals surface area contributed by atoms with Gasteiger partial charge in [-0.05, 0) is 43.5 Å². The lowest BCUT2D eigenvalue weighted by atomic mass is 10.1. The van der Waals surface area contributed by atoms with E-state index in [2.05, 4.69) is 63.9 Å². The monoisotopic (exact) mass is 389 g/mol. The second-order valence-corrected chi connectivity index (χ2v) is 7.69. The lowest BCUT2D eigenvalue weighted by molar-refractivity contribution is 0.252. The summed E-state index contributed by atoms with van der Waals surface area (Å²) in [6, 6.07) is 20.2. The number of urea groups is 1. The Kier molecular flexibility index (Phi) is 5.17. The zero-order valence-electron chi connectivity index (χ0n) is 16.0. The van der Waals surface area contributed by atoms with Gasteiger partial charge in [0.15, 0.2) is 0 Å². The zero-order valence-corrected chi connectivity index (χ0v) is 16.8. The Bertz CT molecular complexity index is 1100. The number of aromatic nitrogens is 1. The van der Waals surface area contributed by atoms with Gasteiger partial charge in [0.2, 0.25) is 0 Å². The molecule has 5 heteroatoms. The van der Waals surface area contributed by atoms with E-state index in [4.69, 9.17) is 0 Å². The van der Waals surface area contributed by atoms with Crippen LogP contribution in [0, 0.1) is 6.92 Å². The van der Waals surface area contributed by atoms with Gasteiger partial charge in [0, 0.05) is 35.2 Å². The molecule has 2 aromatic heterocycles. The van der Waals surface area contributed by atoms with Crippen LogP contribution in [0.4, 0.5) is 10.5 Å². The topological polar surface area (TPSA) is 46.1 Å². The maximum absolute atomic E-state index is 12.5. The molecule has 0 saturated heterocycles. The summed E-state index contributed by atoms with van der Waals surface area (Å²) in [4.78, 5) is 13.7. The van der Waals surface area contributed by atoms with Crippen LogP contribution in [0.25, 0.3) is 21.5 Å². The number of hydrogen-bond donors (Lipinski definition) is 2. The van der Waals surface area contributed by atoms with Gasteiger partial charge >= 0.3 is 6.03 Å². The normalized spacial score (nSPS) is 10.9. The smallest absolute Gasteiger partial charge is 0.319 e. The van der Waals surface area contributed by atoms with Crippen molar-refractivity contribution in [3.63, 3.8) is 0 Å². The van der Waals surface area contributed by atoms with Crippen LogP contribution in [0.1, 0.15) is 18.1 Å². The van der Waals surface area contributed by atoms with Gasteiger partial charge in [0.1, 0.15) is 0 Å². The first kappa shape index (κ1) is 18.3. The Morgan fingerprint density at radius 3 is 2.54 bits per heavy atom. The summed E-state index contributed by atoms with van der Waals surface area (Å²) in [5, 5.41) is 9.22. The number of amides is 2. The van der Waals surface area contributed by atoms with Crippen LogP contribution in [0.3, 0.4) is 0 Å². The zero-order chi connectivity index (χ0) is 19.5. The van der Waals surface area contributed by atoms with Crippen molar-refractivity contribution in [3.8, 4) is 10.6 Å². The highest BCUT2D eigenvalue weighted by Gasteiger charge is 2.18. The molecule has 0 atom stereocenters. The van der Waals surface area contributed by atoms with Crippen LogP contribution in [-0.4, -0.2) is 10.6 Å². The average molecular weight is 390 g/mol. The van der Waals surface area contributed by atoms with E-state index in [-0.39, 0.29) is 6.03 Å². The first-order chi connectivity index (χ1) is 13.7. The third-order valence-electron chi connectivity index (χ3n) is 4.88. The van der Waals surface area contributed by atoms with Crippen LogP contribution in [0.2, 0.25) is 0 Å². The van der Waals surface area contributed by atoms with E-state index in [0.29, 0.717) is 6.54 Å². The number of benzene rings is 2. The quantitative estimate of drug-likeness (QED) is 0.431. The van der Waals surface area contributed by atoms with Crippen molar-refractivity contribution < 1.29 is 4.79 Å². The Balaban J connectivity index is 1.63. The SMILES string of the molecule is CCn1c(-c2cccs2)c(CNC(=O)Nc2ccc(C)cc2)c2ccccc21. The van der Waals surface area contributed by atoms with E-state index in [1.807, 2.05) is 31.2 Å². The summed E-state index contributed by atoms with van der Waals surface area (Å²) in [6.45, 7) is 5.53. The predicted octanol–water partition coefficient (Wildman–Crippen LogP) is 6.02. The van der Waals surface area contributed by atoms with Crippen LogP contribution in [0.15, 0.2) is 66.0 Å². The standard InChI is InChI=1S/C23H23N3OS/c1-3-26-20-8-5-4-7-18(20)19(22(26)21-9-6-14-28-21)15-24-23(27)25-17-12-10-16(2)11-13-17/h4-14H,3,15H2,1-2H3,(H2,24,25,27). The van der Waals surface area contributed by atoms with Crippen molar-refractivity contribution in [2.45, 2.75) is 26.9 Å². The molecule has 2 amide bonds. The number of anilines is 1. The second kappa shape index (κ2) is 7.90. The highest BCUT2D eigenvalue weighted by molar-refractivity contribution is 7.13. The molecule has 0 radical (unpaired) electrons. The summed E-state index contributed by atoms with van der Waals surface area (Å²) in [5.74, 6) is 0. The molecule has 4 nitrogen and oxygen atoms in total. The molecule has 2 N–H and O–H groups in total. The van der Waals surface area contributed by atoms with E-state index < -0.39 is 0 Å². The van der Waals surface area contributed by atoms with Crippen molar-refractivity contribution in [2.75, 3.05) is 5.32 Å². The minimum absolute atomic E-state index is 0.200. The second-order valence-electron chi connectivity index (χ2n) is 6.74. The fraction of sp³-hybridized carbons (Fsp3) is 0.174. The van der Waals surface area contributed by atoms with Crippen molar-refractivity contribution in [1.82, 2.24) is 9.88 Å². The van der Waals surface area contributed by atoms with Gasteiger partial charge in [-0.15, -0.1) is 11.3 Å². The van der Waals surface area contributed by atoms with Crippen LogP contribution >= 0.6 is 11.3 Å². The number of rotatable bonds is 5. The molecule has 0 spiro atoms. The number of hydrogen-bond acceptors (Lipinski definition) is 2. The molecule has 0 unspecified atom stereocenters. The Labute approximate surface area is 168 Å². The molecular formula is C23H23N3OS. The van der Waals surface area contributed by atoms with E-state index in [0.717, 1.165) is 17.8 Å². The molecule has 4 aromatic rings. The minimum atomic E-state index is -0.200.